The first-order chi connectivity index (χ1) is 16.5. The van der Waals surface area contributed by atoms with E-state index in [0.717, 1.165) is 6.07 Å². The number of ether oxygens (including phenoxy) is 1. The number of primary sulfonamides is 1. The van der Waals surface area contributed by atoms with Crippen LogP contribution in [-0.4, -0.2) is 43.9 Å². The number of methoxy groups -OCH3 is 1. The third-order valence-electron chi connectivity index (χ3n) is 5.81. The Balaban J connectivity index is 1.80. The van der Waals surface area contributed by atoms with Crippen LogP contribution in [0.15, 0.2) is 53.4 Å². The second-order valence-electron chi connectivity index (χ2n) is 7.90. The van der Waals surface area contributed by atoms with Gasteiger partial charge in [0.2, 0.25) is 10.0 Å². The predicted octanol–water partition coefficient (Wildman–Crippen LogP) is 3.49. The second-order valence-corrected chi connectivity index (χ2v) is 9.77. The lowest BCUT2D eigenvalue weighted by Crippen LogP contribution is -2.28. The van der Waals surface area contributed by atoms with Crippen molar-refractivity contribution >= 4 is 55.8 Å². The van der Waals surface area contributed by atoms with Gasteiger partial charge in [0.15, 0.2) is 11.5 Å². The van der Waals surface area contributed by atoms with E-state index in [1.54, 1.807) is 12.1 Å². The highest BCUT2D eigenvalue weighted by Gasteiger charge is 2.35. The van der Waals surface area contributed by atoms with Gasteiger partial charge in [0.05, 0.1) is 28.0 Å². The minimum atomic E-state index is -4.08. The van der Waals surface area contributed by atoms with Gasteiger partial charge in [-0.1, -0.05) is 12.1 Å². The fourth-order valence-electron chi connectivity index (χ4n) is 4.19. The van der Waals surface area contributed by atoms with Crippen molar-refractivity contribution in [3.8, 4) is 11.5 Å². The first-order valence-corrected chi connectivity index (χ1v) is 12.3. The Kier molecular flexibility index (Phi) is 6.41. The molecule has 1 atom stereocenters. The van der Waals surface area contributed by atoms with Crippen molar-refractivity contribution in [2.45, 2.75) is 10.8 Å². The van der Waals surface area contributed by atoms with E-state index in [4.69, 9.17) is 21.5 Å². The van der Waals surface area contributed by atoms with Crippen molar-refractivity contribution in [1.29, 1.82) is 0 Å². The number of anilines is 1. The topological polar surface area (TPSA) is 153 Å². The molecule has 1 aliphatic rings. The van der Waals surface area contributed by atoms with E-state index < -0.39 is 20.9 Å². The molecule has 1 aliphatic heterocycles. The number of phenolic OH excluding ortho intramolecular Hbond substituents is 1. The third-order valence-corrected chi connectivity index (χ3v) is 7.09. The molecule has 10 nitrogen and oxygen atoms in total. The Morgan fingerprint density at radius 1 is 1.29 bits per heavy atom. The fourth-order valence-corrected chi connectivity index (χ4v) is 4.98. The molecule has 0 bridgehead atoms. The number of benzene rings is 3. The molecule has 1 unspecified atom stereocenters. The molecule has 35 heavy (non-hydrogen) atoms. The van der Waals surface area contributed by atoms with Gasteiger partial charge in [-0.2, -0.15) is 0 Å². The Labute approximate surface area is 205 Å². The van der Waals surface area contributed by atoms with Crippen LogP contribution in [0.1, 0.15) is 17.0 Å². The number of aromatic hydroxyl groups is 1. The van der Waals surface area contributed by atoms with Crippen molar-refractivity contribution in [3.05, 3.63) is 69.8 Å². The molecule has 182 valence electrons. The van der Waals surface area contributed by atoms with Crippen molar-refractivity contribution in [1.82, 2.24) is 0 Å². The van der Waals surface area contributed by atoms with Crippen LogP contribution in [0, 0.1) is 10.1 Å². The standard InChI is InChI=1S/C23H20ClN3O7S/c1-34-21-6-2-13(8-20(21)28)3-7-22(29)26-12-14(11-24)23-16-5-4-15(35(25,32)33)9-17(16)18(27(30)31)10-19(23)26/h2-10,14,28H,11-12H2,1H3,(H2,25,32,33)/b7-3+. The van der Waals surface area contributed by atoms with E-state index in [-0.39, 0.29) is 45.8 Å². The number of nitro benzene ring substituents is 1. The second kappa shape index (κ2) is 9.17. The largest absolute Gasteiger partial charge is 0.504 e. The van der Waals surface area contributed by atoms with Crippen LogP contribution in [0.4, 0.5) is 11.4 Å². The maximum atomic E-state index is 13.1. The number of carbonyl (C=O) groups excluding carboxylic acids is 1. The van der Waals surface area contributed by atoms with Crippen LogP contribution < -0.4 is 14.8 Å². The van der Waals surface area contributed by atoms with Crippen LogP contribution in [0.2, 0.25) is 0 Å². The number of amides is 1. The summed E-state index contributed by atoms with van der Waals surface area (Å²) in [5.41, 5.74) is 1.13. The molecule has 12 heteroatoms. The molecule has 3 aromatic carbocycles. The lowest BCUT2D eigenvalue weighted by molar-refractivity contribution is -0.383. The van der Waals surface area contributed by atoms with E-state index in [1.165, 1.54) is 48.4 Å². The van der Waals surface area contributed by atoms with Crippen LogP contribution in [0.3, 0.4) is 0 Å². The van der Waals surface area contributed by atoms with Gasteiger partial charge in [-0.25, -0.2) is 13.6 Å². The number of halogens is 1. The summed E-state index contributed by atoms with van der Waals surface area (Å²) in [7, 11) is -2.66. The SMILES string of the molecule is COc1ccc(/C=C/C(=O)N2CC(CCl)c3c2cc([N+](=O)[O-])c2cc(S(N)(=O)=O)ccc32)cc1O. The van der Waals surface area contributed by atoms with E-state index in [2.05, 4.69) is 0 Å². The summed E-state index contributed by atoms with van der Waals surface area (Å²) in [6.45, 7) is 0.184. The number of rotatable bonds is 6. The normalized spacial score (nSPS) is 15.5. The molecule has 0 radical (unpaired) electrons. The number of nitrogens with two attached hydrogens (primary N) is 1. The fraction of sp³-hybridized carbons (Fsp3) is 0.174. The number of alkyl halides is 1. The molecule has 0 aliphatic carbocycles. The monoisotopic (exact) mass is 517 g/mol. The highest BCUT2D eigenvalue weighted by Crippen LogP contribution is 2.46. The number of sulfonamides is 1. The molecule has 0 saturated carbocycles. The first-order valence-electron chi connectivity index (χ1n) is 10.3. The summed E-state index contributed by atoms with van der Waals surface area (Å²) in [5, 5.41) is 27.5. The number of fused-ring (bicyclic) bond motifs is 3. The smallest absolute Gasteiger partial charge is 0.279 e. The quantitative estimate of drug-likeness (QED) is 0.219. The highest BCUT2D eigenvalue weighted by molar-refractivity contribution is 7.89. The molecule has 1 amide bonds. The number of hydrogen-bond acceptors (Lipinski definition) is 7. The molecule has 1 heterocycles. The first kappa shape index (κ1) is 24.5. The average molecular weight is 518 g/mol. The number of non-ortho nitro benzene ring substituents is 1. The average Bonchev–Trinajstić information content (AvgIpc) is 3.20. The molecule has 0 aromatic heterocycles. The molecular formula is C23H20ClN3O7S. The zero-order valence-electron chi connectivity index (χ0n) is 18.3. The summed E-state index contributed by atoms with van der Waals surface area (Å²) >= 11 is 6.19. The van der Waals surface area contributed by atoms with Crippen LogP contribution in [0.25, 0.3) is 16.8 Å². The maximum Gasteiger partial charge on any atom is 0.279 e. The van der Waals surface area contributed by atoms with E-state index in [9.17, 15) is 28.4 Å². The number of phenols is 1. The van der Waals surface area contributed by atoms with Gasteiger partial charge in [0.1, 0.15) is 0 Å². The third kappa shape index (κ3) is 4.53. The summed E-state index contributed by atoms with van der Waals surface area (Å²) in [6, 6.07) is 9.78. The number of nitro groups is 1. The summed E-state index contributed by atoms with van der Waals surface area (Å²) in [6.07, 6.45) is 2.80. The molecule has 4 rings (SSSR count). The van der Waals surface area contributed by atoms with Crippen LogP contribution in [-0.2, 0) is 14.8 Å². The van der Waals surface area contributed by atoms with Crippen molar-refractivity contribution < 1.29 is 28.0 Å². The molecular weight excluding hydrogens is 498 g/mol. The van der Waals surface area contributed by atoms with Crippen LogP contribution in [0.5, 0.6) is 11.5 Å². The van der Waals surface area contributed by atoms with E-state index in [0.29, 0.717) is 22.2 Å². The van der Waals surface area contributed by atoms with Crippen molar-refractivity contribution in [2.24, 2.45) is 5.14 Å². The molecule has 3 N–H and O–H groups in total. The number of carbonyl (C=O) groups is 1. The summed E-state index contributed by atoms with van der Waals surface area (Å²) in [5.74, 6) is -0.438. The van der Waals surface area contributed by atoms with Gasteiger partial charge in [0, 0.05) is 30.5 Å². The molecule has 0 saturated heterocycles. The van der Waals surface area contributed by atoms with Crippen molar-refractivity contribution in [3.63, 3.8) is 0 Å². The maximum absolute atomic E-state index is 13.1. The molecule has 0 fully saturated rings. The molecule has 0 spiro atoms. The van der Waals surface area contributed by atoms with Gasteiger partial charge in [-0.05, 0) is 46.9 Å². The Morgan fingerprint density at radius 2 is 2.03 bits per heavy atom. The Bertz CT molecular complexity index is 1500. The van der Waals surface area contributed by atoms with Gasteiger partial charge >= 0.3 is 0 Å². The lowest BCUT2D eigenvalue weighted by atomic mass is 9.95. The number of hydrogen-bond donors (Lipinski definition) is 2. The zero-order valence-corrected chi connectivity index (χ0v) is 19.9. The minimum Gasteiger partial charge on any atom is -0.504 e. The Hall–Kier alpha value is -3.67. The van der Waals surface area contributed by atoms with Crippen molar-refractivity contribution in [2.75, 3.05) is 24.4 Å². The summed E-state index contributed by atoms with van der Waals surface area (Å²) < 4.78 is 28.6. The number of nitrogens with zero attached hydrogens (tertiary/aromatic N) is 2. The van der Waals surface area contributed by atoms with E-state index >= 15 is 0 Å². The minimum absolute atomic E-state index is 0.0863. The lowest BCUT2D eigenvalue weighted by Gasteiger charge is -2.16. The van der Waals surface area contributed by atoms with Gasteiger partial charge < -0.3 is 14.7 Å². The highest BCUT2D eigenvalue weighted by atomic mass is 35.5. The van der Waals surface area contributed by atoms with Crippen LogP contribution >= 0.6 is 11.6 Å². The molecule has 3 aromatic rings. The van der Waals surface area contributed by atoms with Gasteiger partial charge in [0.25, 0.3) is 11.6 Å². The Morgan fingerprint density at radius 3 is 2.63 bits per heavy atom. The summed E-state index contributed by atoms with van der Waals surface area (Å²) in [4.78, 5) is 25.4. The van der Waals surface area contributed by atoms with Gasteiger partial charge in [-0.3, -0.25) is 14.9 Å². The van der Waals surface area contributed by atoms with E-state index in [1.807, 2.05) is 0 Å². The van der Waals surface area contributed by atoms with Gasteiger partial charge in [-0.15, -0.1) is 11.6 Å². The zero-order chi connectivity index (χ0) is 25.5. The predicted molar refractivity (Wildman–Crippen MR) is 131 cm³/mol.